The molecule has 0 unspecified atom stereocenters. The lowest BCUT2D eigenvalue weighted by Crippen LogP contribution is -2.35. The van der Waals surface area contributed by atoms with Gasteiger partial charge in [-0.3, -0.25) is 0 Å². The average molecular weight is 198 g/mol. The van der Waals surface area contributed by atoms with Gasteiger partial charge in [0, 0.05) is 27.2 Å². The van der Waals surface area contributed by atoms with E-state index in [1.807, 2.05) is 0 Å². The first kappa shape index (κ1) is 13.3. The molecule has 2 nitrogen and oxygen atoms in total. The van der Waals surface area contributed by atoms with Crippen molar-refractivity contribution in [1.29, 1.82) is 0 Å². The Morgan fingerprint density at radius 1 is 1.14 bits per heavy atom. The fourth-order valence-corrected chi connectivity index (χ4v) is 1.56. The molecule has 0 heterocycles. The van der Waals surface area contributed by atoms with Gasteiger partial charge < -0.3 is 9.80 Å². The monoisotopic (exact) mass is 198 g/mol. The van der Waals surface area contributed by atoms with Crippen molar-refractivity contribution in [2.45, 2.75) is 34.1 Å². The Bertz CT molecular complexity index is 179. The molecule has 0 saturated carbocycles. The Labute approximate surface area is 89.6 Å². The third kappa shape index (κ3) is 5.15. The van der Waals surface area contributed by atoms with E-state index in [0.29, 0.717) is 5.41 Å². The Morgan fingerprint density at radius 2 is 1.64 bits per heavy atom. The topological polar surface area (TPSA) is 6.48 Å². The number of nitrogens with zero attached hydrogens (tertiary/aromatic N) is 2. The maximum Gasteiger partial charge on any atom is 0.0960 e. The minimum Gasteiger partial charge on any atom is -0.362 e. The second-order valence-electron chi connectivity index (χ2n) is 5.25. The summed E-state index contributed by atoms with van der Waals surface area (Å²) in [5, 5.41) is 0. The molecule has 0 aliphatic rings. The standard InChI is InChI=1S/C12H26N2/c1-8-9-13(6)11(2)14(7)10-12(3,4)5/h2,8-10H2,1,3-7H3. The van der Waals surface area contributed by atoms with Gasteiger partial charge in [-0.25, -0.2) is 0 Å². The van der Waals surface area contributed by atoms with Crippen molar-refractivity contribution < 1.29 is 0 Å². The SMILES string of the molecule is C=C(N(C)CCC)N(C)CC(C)(C)C. The molecule has 2 heteroatoms. The molecule has 0 fully saturated rings. The summed E-state index contributed by atoms with van der Waals surface area (Å²) in [4.78, 5) is 4.45. The highest BCUT2D eigenvalue weighted by atomic mass is 15.3. The van der Waals surface area contributed by atoms with Gasteiger partial charge in [0.05, 0.1) is 5.82 Å². The molecule has 0 atom stereocenters. The van der Waals surface area contributed by atoms with Crippen LogP contribution >= 0.6 is 0 Å². The summed E-state index contributed by atoms with van der Waals surface area (Å²) in [6, 6.07) is 0. The highest BCUT2D eigenvalue weighted by Crippen LogP contribution is 2.17. The number of rotatable bonds is 5. The van der Waals surface area contributed by atoms with Crippen LogP contribution in [0.1, 0.15) is 34.1 Å². The molecule has 0 aromatic heterocycles. The second kappa shape index (κ2) is 5.28. The van der Waals surface area contributed by atoms with Crippen molar-refractivity contribution in [3.05, 3.63) is 12.4 Å². The van der Waals surface area contributed by atoms with E-state index < -0.39 is 0 Å². The van der Waals surface area contributed by atoms with E-state index in [9.17, 15) is 0 Å². The van der Waals surface area contributed by atoms with Crippen molar-refractivity contribution in [3.63, 3.8) is 0 Å². The normalized spacial score (nSPS) is 11.3. The minimum atomic E-state index is 0.324. The molecule has 14 heavy (non-hydrogen) atoms. The zero-order valence-corrected chi connectivity index (χ0v) is 10.7. The summed E-state index contributed by atoms with van der Waals surface area (Å²) in [5.41, 5.74) is 0.324. The van der Waals surface area contributed by atoms with Crippen LogP contribution in [0.5, 0.6) is 0 Å². The summed E-state index contributed by atoms with van der Waals surface area (Å²) in [7, 11) is 4.21. The molecule has 0 aliphatic heterocycles. The molecular formula is C12H26N2. The summed E-state index contributed by atoms with van der Waals surface area (Å²) in [5.74, 6) is 1.11. The predicted molar refractivity (Wildman–Crippen MR) is 64.1 cm³/mol. The van der Waals surface area contributed by atoms with Crippen LogP contribution in [0.25, 0.3) is 0 Å². The first-order valence-corrected chi connectivity index (χ1v) is 5.39. The van der Waals surface area contributed by atoms with Crippen LogP contribution in [0, 0.1) is 5.41 Å². The van der Waals surface area contributed by atoms with Gasteiger partial charge >= 0.3 is 0 Å². The fraction of sp³-hybridized carbons (Fsp3) is 0.833. The van der Waals surface area contributed by atoms with Gasteiger partial charge in [0.1, 0.15) is 0 Å². The molecule has 0 saturated heterocycles. The van der Waals surface area contributed by atoms with E-state index in [1.54, 1.807) is 0 Å². The highest BCUT2D eigenvalue weighted by Gasteiger charge is 2.15. The summed E-state index contributed by atoms with van der Waals surface area (Å²) in [6.45, 7) is 15.2. The second-order valence-corrected chi connectivity index (χ2v) is 5.25. The van der Waals surface area contributed by atoms with Gasteiger partial charge in [-0.2, -0.15) is 0 Å². The Hall–Kier alpha value is -0.660. The molecule has 0 aromatic rings. The van der Waals surface area contributed by atoms with Crippen LogP contribution in [-0.4, -0.2) is 37.0 Å². The molecule has 0 aromatic carbocycles. The molecule has 0 rings (SSSR count). The predicted octanol–water partition coefficient (Wildman–Crippen LogP) is 2.78. The first-order chi connectivity index (χ1) is 6.28. The first-order valence-electron chi connectivity index (χ1n) is 5.39. The summed E-state index contributed by atoms with van der Waals surface area (Å²) < 4.78 is 0. The molecule has 84 valence electrons. The van der Waals surface area contributed by atoms with E-state index in [-0.39, 0.29) is 0 Å². The zero-order chi connectivity index (χ0) is 11.4. The van der Waals surface area contributed by atoms with Gasteiger partial charge in [0.2, 0.25) is 0 Å². The molecule has 0 aliphatic carbocycles. The molecule has 0 bridgehead atoms. The van der Waals surface area contributed by atoms with Crippen LogP contribution in [0.3, 0.4) is 0 Å². The third-order valence-corrected chi connectivity index (χ3v) is 2.15. The van der Waals surface area contributed by atoms with Gasteiger partial charge in [-0.05, 0) is 11.8 Å². The fourth-order valence-electron chi connectivity index (χ4n) is 1.56. The van der Waals surface area contributed by atoms with Crippen molar-refractivity contribution in [3.8, 4) is 0 Å². The van der Waals surface area contributed by atoms with E-state index in [1.165, 1.54) is 6.42 Å². The Balaban J connectivity index is 4.12. The van der Waals surface area contributed by atoms with Crippen LogP contribution in [0.2, 0.25) is 0 Å². The average Bonchev–Trinajstić information content (AvgIpc) is 2.00. The Kier molecular flexibility index (Phi) is 5.03. The van der Waals surface area contributed by atoms with Crippen molar-refractivity contribution in [2.75, 3.05) is 27.2 Å². The maximum atomic E-state index is 4.11. The molecular weight excluding hydrogens is 172 g/mol. The van der Waals surface area contributed by atoms with Gasteiger partial charge in [0.15, 0.2) is 0 Å². The Morgan fingerprint density at radius 3 is 2.00 bits per heavy atom. The number of hydrogen-bond acceptors (Lipinski definition) is 2. The van der Waals surface area contributed by atoms with E-state index in [4.69, 9.17) is 0 Å². The minimum absolute atomic E-state index is 0.324. The largest absolute Gasteiger partial charge is 0.362 e. The lowest BCUT2D eigenvalue weighted by molar-refractivity contribution is 0.208. The van der Waals surface area contributed by atoms with E-state index in [0.717, 1.165) is 18.9 Å². The summed E-state index contributed by atoms with van der Waals surface area (Å²) >= 11 is 0. The summed E-state index contributed by atoms with van der Waals surface area (Å²) in [6.07, 6.45) is 1.17. The highest BCUT2D eigenvalue weighted by molar-refractivity contribution is 4.91. The van der Waals surface area contributed by atoms with Gasteiger partial charge in [-0.15, -0.1) is 0 Å². The molecule has 0 N–H and O–H groups in total. The van der Waals surface area contributed by atoms with Gasteiger partial charge in [-0.1, -0.05) is 34.3 Å². The third-order valence-electron chi connectivity index (χ3n) is 2.15. The van der Waals surface area contributed by atoms with Crippen molar-refractivity contribution in [2.24, 2.45) is 5.41 Å². The van der Waals surface area contributed by atoms with Crippen molar-refractivity contribution in [1.82, 2.24) is 9.80 Å². The van der Waals surface area contributed by atoms with Crippen LogP contribution in [0.4, 0.5) is 0 Å². The van der Waals surface area contributed by atoms with Crippen LogP contribution in [0.15, 0.2) is 12.4 Å². The quantitative estimate of drug-likeness (QED) is 0.670. The van der Waals surface area contributed by atoms with Crippen LogP contribution < -0.4 is 0 Å². The van der Waals surface area contributed by atoms with Crippen LogP contribution in [-0.2, 0) is 0 Å². The lowest BCUT2D eigenvalue weighted by atomic mass is 9.96. The van der Waals surface area contributed by atoms with E-state index >= 15 is 0 Å². The van der Waals surface area contributed by atoms with Crippen molar-refractivity contribution >= 4 is 0 Å². The zero-order valence-electron chi connectivity index (χ0n) is 10.7. The number of hydrogen-bond donors (Lipinski definition) is 0. The molecule has 0 radical (unpaired) electrons. The van der Waals surface area contributed by atoms with Gasteiger partial charge in [0.25, 0.3) is 0 Å². The van der Waals surface area contributed by atoms with E-state index in [2.05, 4.69) is 58.2 Å². The maximum absolute atomic E-state index is 4.11. The molecule has 0 spiro atoms. The molecule has 0 amide bonds. The smallest absolute Gasteiger partial charge is 0.0960 e. The lowest BCUT2D eigenvalue weighted by Gasteiger charge is -2.34.